The zero-order chi connectivity index (χ0) is 24.0. The van der Waals surface area contributed by atoms with Crippen molar-refractivity contribution in [3.63, 3.8) is 0 Å². The summed E-state index contributed by atoms with van der Waals surface area (Å²) in [7, 11) is 8.46. The SMILES string of the molecule is C=CC(COC)C(C=O)C(c1cc(OC)c(OC)c(OC)c1)c1cc2c(cc1OP)OCO2. The first-order chi connectivity index (χ1) is 16.1. The summed E-state index contributed by atoms with van der Waals surface area (Å²) in [5.41, 5.74) is 1.48. The lowest BCUT2D eigenvalue weighted by Gasteiger charge is -2.30. The van der Waals surface area contributed by atoms with E-state index < -0.39 is 11.8 Å². The highest BCUT2D eigenvalue weighted by Gasteiger charge is 2.35. The molecule has 3 rings (SSSR count). The summed E-state index contributed by atoms with van der Waals surface area (Å²) in [6, 6.07) is 7.23. The van der Waals surface area contributed by atoms with Crippen molar-refractivity contribution in [3.05, 3.63) is 48.0 Å². The van der Waals surface area contributed by atoms with Crippen molar-refractivity contribution in [2.75, 3.05) is 41.8 Å². The molecule has 0 saturated heterocycles. The first kappa shape index (κ1) is 24.7. The van der Waals surface area contributed by atoms with Crippen molar-refractivity contribution in [1.82, 2.24) is 0 Å². The van der Waals surface area contributed by atoms with Gasteiger partial charge in [-0.2, -0.15) is 0 Å². The van der Waals surface area contributed by atoms with Crippen LogP contribution >= 0.6 is 9.47 Å². The van der Waals surface area contributed by atoms with Crippen LogP contribution in [0.1, 0.15) is 17.0 Å². The van der Waals surface area contributed by atoms with E-state index in [1.165, 1.54) is 7.11 Å². The highest BCUT2D eigenvalue weighted by molar-refractivity contribution is 7.10. The summed E-state index contributed by atoms with van der Waals surface area (Å²) in [5, 5.41) is 0. The van der Waals surface area contributed by atoms with Gasteiger partial charge in [0.2, 0.25) is 12.5 Å². The maximum Gasteiger partial charge on any atom is 0.231 e. The standard InChI is InChI=1S/C24H29O8P/c1-6-14(12-26-2)17(11-25)23(15-7-21(27-3)24(29-5)22(8-15)28-4)16-9-19-20(31-13-30-19)10-18(16)32-33/h6-11,14,17,23H,1,12-13,33H2,2-5H3. The Hall–Kier alpha value is -2.96. The summed E-state index contributed by atoms with van der Waals surface area (Å²) in [5.74, 6) is 1.74. The zero-order valence-electron chi connectivity index (χ0n) is 19.2. The average molecular weight is 476 g/mol. The number of hydrogen-bond donors (Lipinski definition) is 0. The van der Waals surface area contributed by atoms with E-state index in [2.05, 4.69) is 16.0 Å². The van der Waals surface area contributed by atoms with Gasteiger partial charge >= 0.3 is 0 Å². The van der Waals surface area contributed by atoms with Crippen molar-refractivity contribution in [1.29, 1.82) is 0 Å². The number of fused-ring (bicyclic) bond motifs is 1. The molecule has 1 heterocycles. The third-order valence-corrected chi connectivity index (χ3v) is 5.97. The highest BCUT2D eigenvalue weighted by atomic mass is 31.0. The minimum atomic E-state index is -0.551. The van der Waals surface area contributed by atoms with E-state index in [1.807, 2.05) is 18.2 Å². The van der Waals surface area contributed by atoms with Gasteiger partial charge in [0.25, 0.3) is 0 Å². The molecule has 33 heavy (non-hydrogen) atoms. The Morgan fingerprint density at radius 2 is 1.64 bits per heavy atom. The van der Waals surface area contributed by atoms with Crippen molar-refractivity contribution in [2.24, 2.45) is 11.8 Å². The van der Waals surface area contributed by atoms with Gasteiger partial charge in [-0.15, -0.1) is 6.58 Å². The van der Waals surface area contributed by atoms with Crippen LogP contribution in [0.5, 0.6) is 34.5 Å². The number of carbonyl (C=O) groups is 1. The minimum absolute atomic E-state index is 0.111. The lowest BCUT2D eigenvalue weighted by molar-refractivity contribution is -0.113. The molecule has 0 saturated carbocycles. The quantitative estimate of drug-likeness (QED) is 0.258. The molecular formula is C24H29O8P. The number of ether oxygens (including phenoxy) is 6. The molecule has 2 aromatic rings. The van der Waals surface area contributed by atoms with E-state index >= 15 is 0 Å². The fraction of sp³-hybridized carbons (Fsp3) is 0.375. The van der Waals surface area contributed by atoms with Crippen LogP contribution in [0.3, 0.4) is 0 Å². The smallest absolute Gasteiger partial charge is 0.231 e. The second kappa shape index (κ2) is 11.3. The molecule has 178 valence electrons. The molecule has 1 aliphatic heterocycles. The van der Waals surface area contributed by atoms with Crippen molar-refractivity contribution in [2.45, 2.75) is 5.92 Å². The van der Waals surface area contributed by atoms with Crippen LogP contribution in [0.25, 0.3) is 0 Å². The Balaban J connectivity index is 2.30. The first-order valence-electron chi connectivity index (χ1n) is 10.2. The molecule has 1 aliphatic rings. The molecule has 0 bridgehead atoms. The van der Waals surface area contributed by atoms with Crippen LogP contribution in [0.15, 0.2) is 36.9 Å². The molecule has 4 atom stereocenters. The summed E-state index contributed by atoms with van der Waals surface area (Å²) in [6.07, 6.45) is 2.64. The van der Waals surface area contributed by atoms with Gasteiger partial charge in [-0.05, 0) is 23.8 Å². The largest absolute Gasteiger partial charge is 0.493 e. The number of aldehydes is 1. The van der Waals surface area contributed by atoms with Crippen LogP contribution in [-0.4, -0.2) is 48.1 Å². The fourth-order valence-corrected chi connectivity index (χ4v) is 4.33. The lowest BCUT2D eigenvalue weighted by Crippen LogP contribution is -2.27. The van der Waals surface area contributed by atoms with Gasteiger partial charge in [0.15, 0.2) is 23.0 Å². The van der Waals surface area contributed by atoms with Gasteiger partial charge in [-0.3, -0.25) is 0 Å². The van der Waals surface area contributed by atoms with E-state index in [4.69, 9.17) is 32.9 Å². The van der Waals surface area contributed by atoms with Gasteiger partial charge in [0.05, 0.1) is 37.4 Å². The third kappa shape index (κ3) is 4.87. The van der Waals surface area contributed by atoms with Gasteiger partial charge < -0.3 is 37.7 Å². The molecule has 9 heteroatoms. The molecular weight excluding hydrogens is 447 g/mol. The summed E-state index contributed by atoms with van der Waals surface area (Å²) < 4.78 is 38.7. The molecule has 2 aromatic carbocycles. The molecule has 0 amide bonds. The maximum atomic E-state index is 12.5. The first-order valence-corrected chi connectivity index (χ1v) is 10.7. The molecule has 0 radical (unpaired) electrons. The van der Waals surface area contributed by atoms with Crippen LogP contribution in [0.2, 0.25) is 0 Å². The van der Waals surface area contributed by atoms with E-state index in [0.717, 1.165) is 17.4 Å². The van der Waals surface area contributed by atoms with Gasteiger partial charge in [0.1, 0.15) is 12.0 Å². The zero-order valence-corrected chi connectivity index (χ0v) is 20.3. The normalized spacial score (nSPS) is 14.7. The predicted octanol–water partition coefficient (Wildman–Crippen LogP) is 4.01. The van der Waals surface area contributed by atoms with Gasteiger partial charge in [-0.25, -0.2) is 0 Å². The van der Waals surface area contributed by atoms with Crippen molar-refractivity contribution in [3.8, 4) is 34.5 Å². The predicted molar refractivity (Wildman–Crippen MR) is 126 cm³/mol. The monoisotopic (exact) mass is 476 g/mol. The second-order valence-corrected chi connectivity index (χ2v) is 7.60. The van der Waals surface area contributed by atoms with Gasteiger partial charge in [-0.1, -0.05) is 6.08 Å². The Bertz CT molecular complexity index is 968. The number of benzene rings is 2. The number of hydrogen-bond acceptors (Lipinski definition) is 8. The minimum Gasteiger partial charge on any atom is -0.493 e. The van der Waals surface area contributed by atoms with Gasteiger partial charge in [0, 0.05) is 36.5 Å². The van der Waals surface area contributed by atoms with Crippen molar-refractivity contribution < 1.29 is 37.7 Å². The Morgan fingerprint density at radius 3 is 2.12 bits per heavy atom. The number of methoxy groups -OCH3 is 4. The Labute approximate surface area is 196 Å². The number of rotatable bonds is 12. The molecule has 0 N–H and O–H groups in total. The molecule has 8 nitrogen and oxygen atoms in total. The maximum absolute atomic E-state index is 12.5. The highest BCUT2D eigenvalue weighted by Crippen LogP contribution is 2.49. The van der Waals surface area contributed by atoms with Crippen LogP contribution in [-0.2, 0) is 9.53 Å². The number of carbonyl (C=O) groups excluding carboxylic acids is 1. The summed E-state index contributed by atoms with van der Waals surface area (Å²) in [4.78, 5) is 12.5. The molecule has 0 aliphatic carbocycles. The summed E-state index contributed by atoms with van der Waals surface area (Å²) >= 11 is 0. The molecule has 0 spiro atoms. The molecule has 0 aromatic heterocycles. The van der Waals surface area contributed by atoms with Crippen LogP contribution in [0.4, 0.5) is 0 Å². The van der Waals surface area contributed by atoms with E-state index in [1.54, 1.807) is 33.5 Å². The average Bonchev–Trinajstić information content (AvgIpc) is 3.31. The van der Waals surface area contributed by atoms with Crippen molar-refractivity contribution >= 4 is 15.8 Å². The van der Waals surface area contributed by atoms with Crippen LogP contribution in [0, 0.1) is 11.8 Å². The Kier molecular flexibility index (Phi) is 8.42. The molecule has 0 fully saturated rings. The Morgan fingerprint density at radius 1 is 1.00 bits per heavy atom. The van der Waals surface area contributed by atoms with E-state index in [0.29, 0.717) is 41.1 Å². The third-order valence-electron chi connectivity index (χ3n) is 5.71. The van der Waals surface area contributed by atoms with E-state index in [9.17, 15) is 4.79 Å². The topological polar surface area (TPSA) is 81.7 Å². The van der Waals surface area contributed by atoms with E-state index in [-0.39, 0.29) is 12.7 Å². The lowest BCUT2D eigenvalue weighted by atomic mass is 9.74. The molecule has 4 unspecified atom stereocenters. The second-order valence-electron chi connectivity index (χ2n) is 7.37. The fourth-order valence-electron chi connectivity index (χ4n) is 4.13. The summed E-state index contributed by atoms with van der Waals surface area (Å²) in [6.45, 7) is 4.35. The van der Waals surface area contributed by atoms with Crippen LogP contribution < -0.4 is 28.2 Å².